The fourth-order valence-corrected chi connectivity index (χ4v) is 6.06. The summed E-state index contributed by atoms with van der Waals surface area (Å²) in [7, 11) is -3.40. The molecule has 0 aliphatic carbocycles. The van der Waals surface area contributed by atoms with E-state index in [1.54, 1.807) is 10.4 Å². The van der Waals surface area contributed by atoms with Gasteiger partial charge >= 0.3 is 0 Å². The van der Waals surface area contributed by atoms with E-state index in [-0.39, 0.29) is 11.7 Å². The standard InChI is InChI=1S/C26H26FN5O2S/c1-18-6-5-9-22(29-18)25-24(21-10-13-28-23(27)16-21)30-26(31-25)20-11-14-32(15-12-20)35(33,34)17-19-7-3-2-4-8-19/h2-10,13,16,20H,11-12,14-15,17H2,1H3,(H,30,31). The number of aryl methyl sites for hydroxylation is 1. The summed E-state index contributed by atoms with van der Waals surface area (Å²) in [5.74, 6) is 0.241. The summed E-state index contributed by atoms with van der Waals surface area (Å²) < 4.78 is 41.4. The van der Waals surface area contributed by atoms with E-state index in [4.69, 9.17) is 4.98 Å². The van der Waals surface area contributed by atoms with Crippen LogP contribution in [0.15, 0.2) is 66.9 Å². The van der Waals surface area contributed by atoms with Crippen molar-refractivity contribution >= 4 is 10.0 Å². The molecule has 1 aliphatic rings. The molecule has 4 aromatic rings. The third-order valence-electron chi connectivity index (χ3n) is 6.29. The van der Waals surface area contributed by atoms with Gasteiger partial charge in [0.15, 0.2) is 0 Å². The molecule has 0 unspecified atom stereocenters. The van der Waals surface area contributed by atoms with E-state index in [2.05, 4.69) is 15.0 Å². The zero-order valence-corrected chi connectivity index (χ0v) is 20.2. The van der Waals surface area contributed by atoms with E-state index in [0.717, 1.165) is 22.8 Å². The van der Waals surface area contributed by atoms with Crippen LogP contribution in [0, 0.1) is 12.9 Å². The minimum atomic E-state index is -3.40. The van der Waals surface area contributed by atoms with Crippen molar-refractivity contribution in [2.75, 3.05) is 13.1 Å². The molecule has 0 atom stereocenters. The summed E-state index contributed by atoms with van der Waals surface area (Å²) in [6.07, 6.45) is 2.71. The molecule has 1 aliphatic heterocycles. The van der Waals surface area contributed by atoms with Crippen molar-refractivity contribution in [3.8, 4) is 22.6 Å². The zero-order valence-electron chi connectivity index (χ0n) is 19.4. The van der Waals surface area contributed by atoms with Crippen molar-refractivity contribution < 1.29 is 12.8 Å². The van der Waals surface area contributed by atoms with Gasteiger partial charge in [-0.05, 0) is 43.5 Å². The highest BCUT2D eigenvalue weighted by Gasteiger charge is 2.31. The molecule has 5 rings (SSSR count). The first-order valence-corrected chi connectivity index (χ1v) is 13.2. The van der Waals surface area contributed by atoms with E-state index in [9.17, 15) is 12.8 Å². The Morgan fingerprint density at radius 3 is 2.51 bits per heavy atom. The Kier molecular flexibility index (Phi) is 6.44. The van der Waals surface area contributed by atoms with E-state index >= 15 is 0 Å². The zero-order chi connectivity index (χ0) is 24.4. The number of aromatic nitrogens is 4. The number of piperidine rings is 1. The number of H-pyrrole nitrogens is 1. The number of aromatic amines is 1. The van der Waals surface area contributed by atoms with Crippen LogP contribution in [0.4, 0.5) is 4.39 Å². The van der Waals surface area contributed by atoms with Crippen LogP contribution < -0.4 is 0 Å². The Balaban J connectivity index is 1.39. The fourth-order valence-electron chi connectivity index (χ4n) is 4.49. The van der Waals surface area contributed by atoms with Gasteiger partial charge in [0, 0.05) is 42.5 Å². The molecule has 0 bridgehead atoms. The Hall–Kier alpha value is -3.43. The highest BCUT2D eigenvalue weighted by molar-refractivity contribution is 7.88. The molecule has 4 heterocycles. The number of benzene rings is 1. The largest absolute Gasteiger partial charge is 0.340 e. The number of pyridine rings is 2. The number of nitrogens with one attached hydrogen (secondary N) is 1. The smallest absolute Gasteiger partial charge is 0.218 e. The Labute approximate surface area is 204 Å². The van der Waals surface area contributed by atoms with Gasteiger partial charge in [-0.25, -0.2) is 22.7 Å². The van der Waals surface area contributed by atoms with Crippen LogP contribution in [-0.4, -0.2) is 45.7 Å². The molecule has 0 radical (unpaired) electrons. The molecule has 1 fully saturated rings. The van der Waals surface area contributed by atoms with E-state index in [1.807, 2.05) is 55.5 Å². The van der Waals surface area contributed by atoms with Gasteiger partial charge < -0.3 is 4.98 Å². The number of hydrogen-bond donors (Lipinski definition) is 1. The summed E-state index contributed by atoms with van der Waals surface area (Å²) in [4.78, 5) is 16.6. The third-order valence-corrected chi connectivity index (χ3v) is 8.14. The normalized spacial score (nSPS) is 15.4. The predicted molar refractivity (Wildman–Crippen MR) is 132 cm³/mol. The molecule has 0 amide bonds. The molecule has 3 aromatic heterocycles. The van der Waals surface area contributed by atoms with Crippen molar-refractivity contribution in [2.24, 2.45) is 0 Å². The summed E-state index contributed by atoms with van der Waals surface area (Å²) in [6, 6.07) is 18.0. The van der Waals surface area contributed by atoms with Crippen molar-refractivity contribution in [3.05, 3.63) is 89.9 Å². The van der Waals surface area contributed by atoms with E-state index in [1.165, 1.54) is 12.3 Å². The number of sulfonamides is 1. The first-order valence-electron chi connectivity index (χ1n) is 11.6. The van der Waals surface area contributed by atoms with Gasteiger partial charge in [-0.2, -0.15) is 4.39 Å². The lowest BCUT2D eigenvalue weighted by Gasteiger charge is -2.30. The minimum Gasteiger partial charge on any atom is -0.340 e. The van der Waals surface area contributed by atoms with Crippen LogP contribution in [0.25, 0.3) is 22.6 Å². The topological polar surface area (TPSA) is 91.8 Å². The maximum atomic E-state index is 13.9. The lowest BCUT2D eigenvalue weighted by molar-refractivity contribution is 0.314. The summed E-state index contributed by atoms with van der Waals surface area (Å²) in [5.41, 5.74) is 4.31. The van der Waals surface area contributed by atoms with Gasteiger partial charge in [0.2, 0.25) is 16.0 Å². The SMILES string of the molecule is Cc1cccc(-c2[nH]c(C3CCN(S(=O)(=O)Cc4ccccc4)CC3)nc2-c2ccnc(F)c2)n1. The van der Waals surface area contributed by atoms with Crippen molar-refractivity contribution in [3.63, 3.8) is 0 Å². The highest BCUT2D eigenvalue weighted by Crippen LogP contribution is 2.35. The average Bonchev–Trinajstić information content (AvgIpc) is 3.30. The summed E-state index contributed by atoms with van der Waals surface area (Å²) in [6.45, 7) is 2.77. The van der Waals surface area contributed by atoms with Gasteiger partial charge in [-0.1, -0.05) is 36.4 Å². The molecule has 9 heteroatoms. The average molecular weight is 492 g/mol. The van der Waals surface area contributed by atoms with Crippen molar-refractivity contribution in [2.45, 2.75) is 31.4 Å². The summed E-state index contributed by atoms with van der Waals surface area (Å²) >= 11 is 0. The maximum absolute atomic E-state index is 13.9. The Bertz CT molecular complexity index is 1370. The summed E-state index contributed by atoms with van der Waals surface area (Å²) in [5, 5.41) is 0. The number of imidazole rings is 1. The molecule has 0 spiro atoms. The Morgan fingerprint density at radius 1 is 1.03 bits per heavy atom. The fraction of sp³-hybridized carbons (Fsp3) is 0.269. The van der Waals surface area contributed by atoms with Gasteiger partial charge in [0.05, 0.1) is 22.8 Å². The van der Waals surface area contributed by atoms with Crippen LogP contribution in [0.2, 0.25) is 0 Å². The molecule has 35 heavy (non-hydrogen) atoms. The second-order valence-corrected chi connectivity index (χ2v) is 10.8. The van der Waals surface area contributed by atoms with Crippen molar-refractivity contribution in [1.82, 2.24) is 24.2 Å². The second kappa shape index (κ2) is 9.67. The van der Waals surface area contributed by atoms with Gasteiger partial charge in [0.1, 0.15) is 5.82 Å². The molecule has 0 saturated carbocycles. The number of hydrogen-bond acceptors (Lipinski definition) is 5. The monoisotopic (exact) mass is 491 g/mol. The second-order valence-electron chi connectivity index (χ2n) is 8.79. The molecule has 1 saturated heterocycles. The first-order chi connectivity index (χ1) is 16.9. The minimum absolute atomic E-state index is 0.000188. The van der Waals surface area contributed by atoms with Crippen LogP contribution in [0.1, 0.15) is 35.8 Å². The molecular formula is C26H26FN5O2S. The van der Waals surface area contributed by atoms with Crippen LogP contribution in [0.5, 0.6) is 0 Å². The number of rotatable bonds is 6. The molecule has 1 N–H and O–H groups in total. The molecule has 180 valence electrons. The van der Waals surface area contributed by atoms with Crippen LogP contribution in [0.3, 0.4) is 0 Å². The van der Waals surface area contributed by atoms with Crippen LogP contribution >= 0.6 is 0 Å². The lowest BCUT2D eigenvalue weighted by Crippen LogP contribution is -2.38. The van der Waals surface area contributed by atoms with Crippen LogP contribution in [-0.2, 0) is 15.8 Å². The third kappa shape index (κ3) is 5.16. The Morgan fingerprint density at radius 2 is 1.80 bits per heavy atom. The quantitative estimate of drug-likeness (QED) is 0.395. The lowest BCUT2D eigenvalue weighted by atomic mass is 9.97. The van der Waals surface area contributed by atoms with Gasteiger partial charge in [0.25, 0.3) is 0 Å². The van der Waals surface area contributed by atoms with Gasteiger partial charge in [-0.3, -0.25) is 4.98 Å². The van der Waals surface area contributed by atoms with Gasteiger partial charge in [-0.15, -0.1) is 0 Å². The molecule has 7 nitrogen and oxygen atoms in total. The van der Waals surface area contributed by atoms with Crippen molar-refractivity contribution in [1.29, 1.82) is 0 Å². The number of nitrogens with zero attached hydrogens (tertiary/aromatic N) is 4. The number of halogens is 1. The van der Waals surface area contributed by atoms with E-state index < -0.39 is 16.0 Å². The highest BCUT2D eigenvalue weighted by atomic mass is 32.2. The molecule has 1 aromatic carbocycles. The maximum Gasteiger partial charge on any atom is 0.218 e. The molecular weight excluding hydrogens is 465 g/mol. The predicted octanol–water partition coefficient (Wildman–Crippen LogP) is 4.69. The first kappa shape index (κ1) is 23.3. The van der Waals surface area contributed by atoms with E-state index in [0.29, 0.717) is 42.9 Å².